The largest absolute Gasteiger partial charge is 0.456 e. The molecule has 0 unspecified atom stereocenters. The maximum atomic E-state index is 12.2. The number of rotatable bonds is 8. The zero-order valence-electron chi connectivity index (χ0n) is 18.5. The summed E-state index contributed by atoms with van der Waals surface area (Å²) in [4.78, 5) is 50.1. The van der Waals surface area contributed by atoms with Crippen LogP contribution in [0.4, 0.5) is 10.5 Å². The molecule has 0 bridgehead atoms. The number of nitrogens with one attached hydrogen (secondary N) is 1. The maximum Gasteiger partial charge on any atom is 0.414 e. The van der Waals surface area contributed by atoms with Crippen molar-refractivity contribution in [1.29, 1.82) is 0 Å². The molecule has 9 heteroatoms. The van der Waals surface area contributed by atoms with Gasteiger partial charge in [0.1, 0.15) is 6.10 Å². The van der Waals surface area contributed by atoms with E-state index in [1.54, 1.807) is 9.80 Å². The van der Waals surface area contributed by atoms with Crippen molar-refractivity contribution in [3.05, 3.63) is 35.9 Å². The third-order valence-corrected chi connectivity index (χ3v) is 5.38. The monoisotopic (exact) mass is 443 g/mol. The van der Waals surface area contributed by atoms with Crippen molar-refractivity contribution in [3.63, 3.8) is 0 Å². The highest BCUT2D eigenvalue weighted by Gasteiger charge is 2.32. The molecule has 0 radical (unpaired) electrons. The molecule has 1 N–H and O–H groups in total. The first-order valence-corrected chi connectivity index (χ1v) is 10.8. The van der Waals surface area contributed by atoms with Crippen molar-refractivity contribution < 1.29 is 28.7 Å². The molecule has 1 fully saturated rings. The zero-order valence-corrected chi connectivity index (χ0v) is 18.5. The third kappa shape index (κ3) is 6.09. The number of benzene rings is 1. The lowest BCUT2D eigenvalue weighted by molar-refractivity contribution is -0.151. The summed E-state index contributed by atoms with van der Waals surface area (Å²) in [6.45, 7) is 4.77. The SMILES string of the molecule is CCCC(=O)OCC(=O)N1CC=C(c2ccc(N3C[C@H](CNC(C)=O)OC3=O)cc2)CC1. The van der Waals surface area contributed by atoms with Gasteiger partial charge in [-0.1, -0.05) is 25.1 Å². The van der Waals surface area contributed by atoms with Crippen LogP contribution in [0, 0.1) is 0 Å². The number of amides is 3. The summed E-state index contributed by atoms with van der Waals surface area (Å²) in [5.74, 6) is -0.707. The quantitative estimate of drug-likeness (QED) is 0.617. The van der Waals surface area contributed by atoms with Crippen LogP contribution >= 0.6 is 0 Å². The molecule has 1 atom stereocenters. The molecule has 172 valence electrons. The van der Waals surface area contributed by atoms with Crippen LogP contribution in [0.3, 0.4) is 0 Å². The second-order valence-electron chi connectivity index (χ2n) is 7.83. The van der Waals surface area contributed by atoms with Gasteiger partial charge in [0, 0.05) is 32.1 Å². The summed E-state index contributed by atoms with van der Waals surface area (Å²) in [6, 6.07) is 7.62. The van der Waals surface area contributed by atoms with E-state index in [0.717, 1.165) is 16.8 Å². The first-order valence-electron chi connectivity index (χ1n) is 10.8. The molecular weight excluding hydrogens is 414 g/mol. The van der Waals surface area contributed by atoms with E-state index < -0.39 is 6.09 Å². The van der Waals surface area contributed by atoms with E-state index in [1.807, 2.05) is 37.3 Å². The van der Waals surface area contributed by atoms with E-state index in [0.29, 0.717) is 38.9 Å². The average molecular weight is 444 g/mol. The fraction of sp³-hybridized carbons (Fsp3) is 0.478. The van der Waals surface area contributed by atoms with Crippen molar-refractivity contribution in [2.24, 2.45) is 0 Å². The Hall–Kier alpha value is -3.36. The number of hydrogen-bond donors (Lipinski definition) is 1. The molecule has 0 spiro atoms. The van der Waals surface area contributed by atoms with Crippen molar-refractivity contribution in [1.82, 2.24) is 10.2 Å². The molecule has 9 nitrogen and oxygen atoms in total. The van der Waals surface area contributed by atoms with Crippen LogP contribution in [0.1, 0.15) is 38.7 Å². The Kier molecular flexibility index (Phi) is 7.86. The molecule has 1 saturated heterocycles. The first kappa shape index (κ1) is 23.3. The summed E-state index contributed by atoms with van der Waals surface area (Å²) >= 11 is 0. The molecule has 2 heterocycles. The molecule has 1 aromatic rings. The number of nitrogens with zero attached hydrogens (tertiary/aromatic N) is 2. The smallest absolute Gasteiger partial charge is 0.414 e. The molecule has 32 heavy (non-hydrogen) atoms. The van der Waals surface area contributed by atoms with Gasteiger partial charge in [0.15, 0.2) is 6.61 Å². The first-order chi connectivity index (χ1) is 15.4. The highest BCUT2D eigenvalue weighted by molar-refractivity contribution is 5.90. The molecular formula is C23H29N3O6. The van der Waals surface area contributed by atoms with Crippen molar-refractivity contribution >= 4 is 35.1 Å². The van der Waals surface area contributed by atoms with E-state index >= 15 is 0 Å². The molecule has 1 aromatic carbocycles. The van der Waals surface area contributed by atoms with Crippen molar-refractivity contribution in [3.8, 4) is 0 Å². The van der Waals surface area contributed by atoms with Crippen LogP contribution in [0.25, 0.3) is 5.57 Å². The van der Waals surface area contributed by atoms with Crippen LogP contribution in [-0.4, -0.2) is 67.7 Å². The zero-order chi connectivity index (χ0) is 23.1. The van der Waals surface area contributed by atoms with Gasteiger partial charge >= 0.3 is 12.1 Å². The van der Waals surface area contributed by atoms with Gasteiger partial charge in [-0.25, -0.2) is 4.79 Å². The fourth-order valence-corrected chi connectivity index (χ4v) is 3.62. The Balaban J connectivity index is 1.53. The minimum Gasteiger partial charge on any atom is -0.456 e. The van der Waals surface area contributed by atoms with Gasteiger partial charge in [0.25, 0.3) is 5.91 Å². The summed E-state index contributed by atoms with van der Waals surface area (Å²) < 4.78 is 10.3. The van der Waals surface area contributed by atoms with E-state index in [9.17, 15) is 19.2 Å². The Morgan fingerprint density at radius 2 is 1.97 bits per heavy atom. The third-order valence-electron chi connectivity index (χ3n) is 5.38. The van der Waals surface area contributed by atoms with Crippen LogP contribution < -0.4 is 10.2 Å². The molecule has 2 aliphatic rings. The summed E-state index contributed by atoms with van der Waals surface area (Å²) in [6.07, 6.45) is 2.89. The predicted molar refractivity (Wildman–Crippen MR) is 118 cm³/mol. The average Bonchev–Trinajstić information content (AvgIpc) is 3.17. The second-order valence-corrected chi connectivity index (χ2v) is 7.83. The predicted octanol–water partition coefficient (Wildman–Crippen LogP) is 2.11. The van der Waals surface area contributed by atoms with Crippen LogP contribution in [0.2, 0.25) is 0 Å². The number of carbonyl (C=O) groups excluding carboxylic acids is 4. The highest BCUT2D eigenvalue weighted by Crippen LogP contribution is 2.27. The highest BCUT2D eigenvalue weighted by atomic mass is 16.6. The Bertz CT molecular complexity index is 895. The lowest BCUT2D eigenvalue weighted by Gasteiger charge is -2.26. The van der Waals surface area contributed by atoms with Gasteiger partial charge in [-0.15, -0.1) is 0 Å². The molecule has 3 amide bonds. The van der Waals surface area contributed by atoms with Crippen LogP contribution in [-0.2, 0) is 23.9 Å². The number of esters is 1. The summed E-state index contributed by atoms with van der Waals surface area (Å²) in [5.41, 5.74) is 2.87. The van der Waals surface area contributed by atoms with Crippen LogP contribution in [0.5, 0.6) is 0 Å². The fourth-order valence-electron chi connectivity index (χ4n) is 3.62. The molecule has 2 aliphatic heterocycles. The Labute approximate surface area is 187 Å². The number of hydrogen-bond acceptors (Lipinski definition) is 6. The van der Waals surface area contributed by atoms with E-state index in [4.69, 9.17) is 9.47 Å². The van der Waals surface area contributed by atoms with Gasteiger partial charge in [-0.2, -0.15) is 0 Å². The Morgan fingerprint density at radius 3 is 2.59 bits per heavy atom. The Morgan fingerprint density at radius 1 is 1.22 bits per heavy atom. The minimum atomic E-state index is -0.432. The lowest BCUT2D eigenvalue weighted by Crippen LogP contribution is -2.37. The van der Waals surface area contributed by atoms with Crippen LogP contribution in [0.15, 0.2) is 30.3 Å². The topological polar surface area (TPSA) is 105 Å². The van der Waals surface area contributed by atoms with E-state index in [2.05, 4.69) is 5.32 Å². The van der Waals surface area contributed by atoms with Crippen molar-refractivity contribution in [2.45, 2.75) is 39.2 Å². The van der Waals surface area contributed by atoms with E-state index in [-0.39, 0.29) is 37.0 Å². The van der Waals surface area contributed by atoms with Gasteiger partial charge in [-0.3, -0.25) is 19.3 Å². The summed E-state index contributed by atoms with van der Waals surface area (Å²) in [5, 5.41) is 2.66. The summed E-state index contributed by atoms with van der Waals surface area (Å²) in [7, 11) is 0. The van der Waals surface area contributed by atoms with Gasteiger partial charge < -0.3 is 19.7 Å². The standard InChI is InChI=1S/C23H29N3O6/c1-3-4-22(29)31-15-21(28)25-11-9-18(10-12-25)17-5-7-19(8-6-17)26-14-20(32-23(26)30)13-24-16(2)27/h5-9,20H,3-4,10-15H2,1-2H3,(H,24,27)/t20-/m0/s1. The second kappa shape index (κ2) is 10.8. The normalized spacial score (nSPS) is 18.1. The number of ether oxygens (including phenoxy) is 2. The van der Waals surface area contributed by atoms with Gasteiger partial charge in [0.05, 0.1) is 13.1 Å². The number of cyclic esters (lactones) is 1. The molecule has 0 aliphatic carbocycles. The van der Waals surface area contributed by atoms with Crippen molar-refractivity contribution in [2.75, 3.05) is 37.7 Å². The maximum absolute atomic E-state index is 12.2. The number of anilines is 1. The molecule has 3 rings (SSSR count). The van der Waals surface area contributed by atoms with Gasteiger partial charge in [-0.05, 0) is 36.1 Å². The van der Waals surface area contributed by atoms with Gasteiger partial charge in [0.2, 0.25) is 5.91 Å². The molecule has 0 saturated carbocycles. The van der Waals surface area contributed by atoms with E-state index in [1.165, 1.54) is 6.92 Å². The minimum absolute atomic E-state index is 0.164. The number of carbonyl (C=O) groups is 4. The molecule has 0 aromatic heterocycles. The lowest BCUT2D eigenvalue weighted by atomic mass is 9.99.